The summed E-state index contributed by atoms with van der Waals surface area (Å²) in [5, 5.41) is 3.24. The Morgan fingerprint density at radius 3 is 2.70 bits per heavy atom. The first-order valence-electron chi connectivity index (χ1n) is 8.20. The van der Waals surface area contributed by atoms with Gasteiger partial charge in [0.05, 0.1) is 17.2 Å². The molecule has 27 heavy (non-hydrogen) atoms. The quantitative estimate of drug-likeness (QED) is 0.650. The number of rotatable bonds is 5. The molecule has 1 aromatic heterocycles. The third kappa shape index (κ3) is 4.22. The lowest BCUT2D eigenvalue weighted by molar-refractivity contribution is -0.116. The van der Waals surface area contributed by atoms with Gasteiger partial charge in [0.1, 0.15) is 0 Å². The summed E-state index contributed by atoms with van der Waals surface area (Å²) in [6.45, 7) is 1.95. The third-order valence-corrected chi connectivity index (χ3v) is 4.63. The van der Waals surface area contributed by atoms with Gasteiger partial charge in [0.15, 0.2) is 0 Å². The molecule has 0 saturated carbocycles. The van der Waals surface area contributed by atoms with Crippen LogP contribution in [0.25, 0.3) is 10.9 Å². The van der Waals surface area contributed by atoms with Crippen LogP contribution in [0.15, 0.2) is 52.0 Å². The molecule has 0 atom stereocenters. The van der Waals surface area contributed by atoms with Crippen LogP contribution >= 0.6 is 15.9 Å². The Labute approximate surface area is 163 Å². The maximum Gasteiger partial charge on any atom is 0.261 e. The summed E-state index contributed by atoms with van der Waals surface area (Å²) in [5.41, 5.74) is 7.34. The van der Waals surface area contributed by atoms with E-state index < -0.39 is 5.91 Å². The highest BCUT2D eigenvalue weighted by molar-refractivity contribution is 9.10. The zero-order valence-electron chi connectivity index (χ0n) is 14.5. The lowest BCUT2D eigenvalue weighted by Crippen LogP contribution is -2.23. The molecule has 0 radical (unpaired) electrons. The summed E-state index contributed by atoms with van der Waals surface area (Å²) in [6, 6.07) is 10.2. The summed E-state index contributed by atoms with van der Waals surface area (Å²) >= 11 is 3.34. The van der Waals surface area contributed by atoms with Crippen molar-refractivity contribution in [1.82, 2.24) is 9.55 Å². The van der Waals surface area contributed by atoms with E-state index in [1.807, 2.05) is 6.07 Å². The SMILES string of the molecule is Cc1cc(NC(=O)CCn2cnc3ccc(Br)cc3c2=O)ccc1C(N)=O. The molecule has 3 aromatic rings. The predicted octanol–water partition coefficient (Wildman–Crippen LogP) is 2.60. The second-order valence-corrected chi connectivity index (χ2v) is 7.01. The second-order valence-electron chi connectivity index (χ2n) is 6.10. The molecule has 0 saturated heterocycles. The van der Waals surface area contributed by atoms with Crippen molar-refractivity contribution in [3.05, 3.63) is 68.7 Å². The van der Waals surface area contributed by atoms with Crippen molar-refractivity contribution < 1.29 is 9.59 Å². The van der Waals surface area contributed by atoms with Crippen molar-refractivity contribution in [1.29, 1.82) is 0 Å². The Morgan fingerprint density at radius 2 is 2.00 bits per heavy atom. The van der Waals surface area contributed by atoms with Gasteiger partial charge in [0.2, 0.25) is 11.8 Å². The Kier molecular flexibility index (Phi) is 5.36. The average molecular weight is 429 g/mol. The summed E-state index contributed by atoms with van der Waals surface area (Å²) in [7, 11) is 0. The average Bonchev–Trinajstić information content (AvgIpc) is 2.61. The molecule has 2 aromatic carbocycles. The lowest BCUT2D eigenvalue weighted by Gasteiger charge is -2.09. The predicted molar refractivity (Wildman–Crippen MR) is 107 cm³/mol. The second kappa shape index (κ2) is 7.71. The van der Waals surface area contributed by atoms with Gasteiger partial charge in [-0.15, -0.1) is 0 Å². The minimum absolute atomic E-state index is 0.109. The number of aryl methyl sites for hydroxylation is 2. The molecule has 0 aliphatic carbocycles. The van der Waals surface area contributed by atoms with Gasteiger partial charge in [-0.2, -0.15) is 0 Å². The summed E-state index contributed by atoms with van der Waals surface area (Å²) in [5.74, 6) is -0.761. The highest BCUT2D eigenvalue weighted by atomic mass is 79.9. The van der Waals surface area contributed by atoms with Gasteiger partial charge in [-0.25, -0.2) is 4.98 Å². The van der Waals surface area contributed by atoms with Crippen molar-refractivity contribution in [2.45, 2.75) is 19.9 Å². The summed E-state index contributed by atoms with van der Waals surface area (Å²) < 4.78 is 2.20. The number of nitrogens with one attached hydrogen (secondary N) is 1. The molecule has 0 unspecified atom stereocenters. The number of amides is 2. The van der Waals surface area contributed by atoms with E-state index in [0.29, 0.717) is 27.7 Å². The van der Waals surface area contributed by atoms with Gasteiger partial charge in [-0.3, -0.25) is 19.0 Å². The number of anilines is 1. The third-order valence-electron chi connectivity index (χ3n) is 4.14. The molecule has 138 valence electrons. The fourth-order valence-electron chi connectivity index (χ4n) is 2.75. The molecule has 0 aliphatic rings. The zero-order chi connectivity index (χ0) is 19.6. The van der Waals surface area contributed by atoms with Crippen LogP contribution < -0.4 is 16.6 Å². The minimum atomic E-state index is -0.514. The van der Waals surface area contributed by atoms with Crippen LogP contribution in [0.5, 0.6) is 0 Å². The first-order chi connectivity index (χ1) is 12.8. The Bertz CT molecular complexity index is 1110. The van der Waals surface area contributed by atoms with Crippen molar-refractivity contribution in [2.24, 2.45) is 5.73 Å². The number of carbonyl (C=O) groups is 2. The lowest BCUT2D eigenvalue weighted by atomic mass is 10.1. The number of nitrogens with zero attached hydrogens (tertiary/aromatic N) is 2. The molecule has 0 bridgehead atoms. The number of aromatic nitrogens is 2. The number of carbonyl (C=O) groups excluding carboxylic acids is 2. The zero-order valence-corrected chi connectivity index (χ0v) is 16.1. The molecule has 2 amide bonds. The molecular weight excluding hydrogens is 412 g/mol. The normalized spacial score (nSPS) is 10.7. The summed E-state index contributed by atoms with van der Waals surface area (Å²) in [6.07, 6.45) is 1.55. The highest BCUT2D eigenvalue weighted by Crippen LogP contribution is 2.16. The van der Waals surface area contributed by atoms with Crippen LogP contribution in [0.3, 0.4) is 0 Å². The van der Waals surface area contributed by atoms with E-state index in [2.05, 4.69) is 26.2 Å². The standard InChI is InChI=1S/C19H17BrN4O3/c1-11-8-13(3-4-14(11)18(21)26)23-17(25)6-7-24-10-22-16-5-2-12(20)9-15(16)19(24)27/h2-5,8-10H,6-7H2,1H3,(H2,21,26)(H,23,25). The van der Waals surface area contributed by atoms with Crippen LogP contribution in [0.2, 0.25) is 0 Å². The summed E-state index contributed by atoms with van der Waals surface area (Å²) in [4.78, 5) is 40.2. The van der Waals surface area contributed by atoms with Crippen LogP contribution in [-0.4, -0.2) is 21.4 Å². The molecule has 1 heterocycles. The van der Waals surface area contributed by atoms with Crippen molar-refractivity contribution in [2.75, 3.05) is 5.32 Å². The number of hydrogen-bond acceptors (Lipinski definition) is 4. The molecule has 0 fully saturated rings. The number of hydrogen-bond donors (Lipinski definition) is 2. The number of nitrogens with two attached hydrogens (primary N) is 1. The smallest absolute Gasteiger partial charge is 0.261 e. The van der Waals surface area contributed by atoms with Gasteiger partial charge in [-0.05, 0) is 48.9 Å². The number of fused-ring (bicyclic) bond motifs is 1. The molecular formula is C19H17BrN4O3. The fourth-order valence-corrected chi connectivity index (χ4v) is 3.11. The van der Waals surface area contributed by atoms with E-state index in [1.165, 1.54) is 10.9 Å². The van der Waals surface area contributed by atoms with E-state index in [9.17, 15) is 14.4 Å². The maximum absolute atomic E-state index is 12.5. The van der Waals surface area contributed by atoms with Crippen LogP contribution in [0.1, 0.15) is 22.3 Å². The van der Waals surface area contributed by atoms with Crippen LogP contribution in [-0.2, 0) is 11.3 Å². The topological polar surface area (TPSA) is 107 Å². The number of primary amides is 1. The van der Waals surface area contributed by atoms with Crippen molar-refractivity contribution in [3.8, 4) is 0 Å². The minimum Gasteiger partial charge on any atom is -0.366 e. The Hall–Kier alpha value is -3.00. The first kappa shape index (κ1) is 18.8. The number of benzene rings is 2. The molecule has 7 nitrogen and oxygen atoms in total. The van der Waals surface area contributed by atoms with E-state index in [0.717, 1.165) is 4.47 Å². The van der Waals surface area contributed by atoms with Crippen molar-refractivity contribution in [3.63, 3.8) is 0 Å². The maximum atomic E-state index is 12.5. The van der Waals surface area contributed by atoms with Crippen LogP contribution in [0, 0.1) is 6.92 Å². The van der Waals surface area contributed by atoms with Gasteiger partial charge in [-0.1, -0.05) is 15.9 Å². The monoisotopic (exact) mass is 428 g/mol. The molecule has 0 aliphatic heterocycles. The van der Waals surface area contributed by atoms with Crippen molar-refractivity contribution >= 4 is 44.3 Å². The van der Waals surface area contributed by atoms with Gasteiger partial charge >= 0.3 is 0 Å². The molecule has 3 rings (SSSR count). The Morgan fingerprint density at radius 1 is 1.22 bits per heavy atom. The van der Waals surface area contributed by atoms with Crippen LogP contribution in [0.4, 0.5) is 5.69 Å². The van der Waals surface area contributed by atoms with Gasteiger partial charge < -0.3 is 11.1 Å². The molecule has 3 N–H and O–H groups in total. The first-order valence-corrected chi connectivity index (χ1v) is 8.99. The number of halogens is 1. The Balaban J connectivity index is 1.70. The molecule has 0 spiro atoms. The van der Waals surface area contributed by atoms with Gasteiger partial charge in [0, 0.05) is 28.7 Å². The highest BCUT2D eigenvalue weighted by Gasteiger charge is 2.09. The van der Waals surface area contributed by atoms with E-state index in [4.69, 9.17) is 5.73 Å². The largest absolute Gasteiger partial charge is 0.366 e. The van der Waals surface area contributed by atoms with E-state index >= 15 is 0 Å². The van der Waals surface area contributed by atoms with Gasteiger partial charge in [0.25, 0.3) is 5.56 Å². The van der Waals surface area contributed by atoms with E-state index in [-0.39, 0.29) is 24.4 Å². The fraction of sp³-hybridized carbons (Fsp3) is 0.158. The van der Waals surface area contributed by atoms with E-state index in [1.54, 1.807) is 37.3 Å². The molecule has 8 heteroatoms.